The highest BCUT2D eigenvalue weighted by Crippen LogP contribution is 2.22. The molecule has 0 atom stereocenters. The Morgan fingerprint density at radius 2 is 2.00 bits per heavy atom. The number of benzene rings is 1. The molecule has 108 valence electrons. The van der Waals surface area contributed by atoms with E-state index in [1.807, 2.05) is 6.92 Å². The van der Waals surface area contributed by atoms with Crippen molar-refractivity contribution in [3.8, 4) is 0 Å². The maximum absolute atomic E-state index is 11.7. The number of carbonyl (C=O) groups excluding carboxylic acids is 2. The van der Waals surface area contributed by atoms with E-state index in [1.165, 1.54) is 18.6 Å². The lowest BCUT2D eigenvalue weighted by Crippen LogP contribution is -2.39. The molecule has 0 radical (unpaired) electrons. The lowest BCUT2D eigenvalue weighted by molar-refractivity contribution is -0.135. The molecule has 0 fully saturated rings. The summed E-state index contributed by atoms with van der Waals surface area (Å²) in [5.41, 5.74) is 5.98. The molecule has 0 unspecified atom stereocenters. The minimum atomic E-state index is -0.878. The van der Waals surface area contributed by atoms with Gasteiger partial charge in [-0.3, -0.25) is 25.4 Å². The molecule has 2 aromatic rings. The van der Waals surface area contributed by atoms with Crippen molar-refractivity contribution < 1.29 is 9.59 Å². The normalized spacial score (nSPS) is 9.81. The third kappa shape index (κ3) is 4.15. The molecule has 0 aliphatic carbocycles. The maximum Gasteiger partial charge on any atom is 0.328 e. The molecule has 21 heavy (non-hydrogen) atoms. The first kappa shape index (κ1) is 14.7. The highest BCUT2D eigenvalue weighted by Gasteiger charge is 2.15. The average molecular weight is 306 g/mol. The van der Waals surface area contributed by atoms with E-state index < -0.39 is 11.8 Å². The zero-order chi connectivity index (χ0) is 15.2. The van der Waals surface area contributed by atoms with E-state index in [-0.39, 0.29) is 0 Å². The van der Waals surface area contributed by atoms with Gasteiger partial charge in [-0.25, -0.2) is 4.98 Å². The van der Waals surface area contributed by atoms with E-state index in [0.717, 1.165) is 5.56 Å². The summed E-state index contributed by atoms with van der Waals surface area (Å²) >= 11 is 5.97. The van der Waals surface area contributed by atoms with Gasteiger partial charge in [-0.15, -0.1) is 0 Å². The Labute approximate surface area is 125 Å². The fourth-order valence-corrected chi connectivity index (χ4v) is 1.72. The highest BCUT2D eigenvalue weighted by molar-refractivity contribution is 6.41. The van der Waals surface area contributed by atoms with Gasteiger partial charge in [0.1, 0.15) is 0 Å². The second-order valence-corrected chi connectivity index (χ2v) is 4.51. The number of nitrogens with zero attached hydrogens (tertiary/aromatic N) is 2. The van der Waals surface area contributed by atoms with Crippen LogP contribution in [-0.2, 0) is 9.59 Å². The van der Waals surface area contributed by atoms with Crippen LogP contribution < -0.4 is 16.2 Å². The number of carbonyl (C=O) groups is 2. The molecular formula is C13H12ClN5O2. The van der Waals surface area contributed by atoms with Crippen molar-refractivity contribution in [1.29, 1.82) is 0 Å². The average Bonchev–Trinajstić information content (AvgIpc) is 2.48. The molecule has 0 spiro atoms. The molecule has 0 saturated carbocycles. The number of amides is 2. The third-order valence-electron chi connectivity index (χ3n) is 2.45. The summed E-state index contributed by atoms with van der Waals surface area (Å²) in [5.74, 6) is -1.42. The van der Waals surface area contributed by atoms with Crippen LogP contribution in [0.3, 0.4) is 0 Å². The van der Waals surface area contributed by atoms with E-state index >= 15 is 0 Å². The van der Waals surface area contributed by atoms with Gasteiger partial charge in [-0.05, 0) is 24.6 Å². The van der Waals surface area contributed by atoms with Crippen molar-refractivity contribution in [3.63, 3.8) is 0 Å². The minimum absolute atomic E-state index is 0.312. The van der Waals surface area contributed by atoms with Gasteiger partial charge in [-0.2, -0.15) is 0 Å². The Morgan fingerprint density at radius 1 is 1.19 bits per heavy atom. The maximum atomic E-state index is 11.7. The van der Waals surface area contributed by atoms with Crippen molar-refractivity contribution in [2.24, 2.45) is 0 Å². The summed E-state index contributed by atoms with van der Waals surface area (Å²) in [4.78, 5) is 31.0. The summed E-state index contributed by atoms with van der Waals surface area (Å²) < 4.78 is 0. The zero-order valence-electron chi connectivity index (χ0n) is 11.1. The molecule has 2 amide bonds. The summed E-state index contributed by atoms with van der Waals surface area (Å²) in [6, 6.07) is 5.09. The largest absolute Gasteiger partial charge is 0.328 e. The van der Waals surface area contributed by atoms with Gasteiger partial charge < -0.3 is 5.32 Å². The Balaban J connectivity index is 1.92. The van der Waals surface area contributed by atoms with E-state index in [0.29, 0.717) is 16.5 Å². The third-order valence-corrected chi connectivity index (χ3v) is 2.76. The van der Waals surface area contributed by atoms with Crippen molar-refractivity contribution in [3.05, 3.63) is 47.4 Å². The van der Waals surface area contributed by atoms with E-state index in [4.69, 9.17) is 11.6 Å². The molecule has 0 saturated heterocycles. The van der Waals surface area contributed by atoms with Crippen molar-refractivity contribution >= 4 is 34.9 Å². The monoisotopic (exact) mass is 305 g/mol. The topological polar surface area (TPSA) is 96.0 Å². The summed E-state index contributed by atoms with van der Waals surface area (Å²) in [6.07, 6.45) is 4.33. The lowest BCUT2D eigenvalue weighted by atomic mass is 10.2. The van der Waals surface area contributed by atoms with E-state index in [1.54, 1.807) is 18.2 Å². The zero-order valence-corrected chi connectivity index (χ0v) is 11.8. The highest BCUT2D eigenvalue weighted by atomic mass is 35.5. The predicted octanol–water partition coefficient (Wildman–Crippen LogP) is 1.52. The molecule has 8 heteroatoms. The van der Waals surface area contributed by atoms with E-state index in [2.05, 4.69) is 26.1 Å². The molecular weight excluding hydrogens is 294 g/mol. The van der Waals surface area contributed by atoms with Crippen LogP contribution in [0.4, 0.5) is 11.5 Å². The number of aromatic nitrogens is 2. The lowest BCUT2D eigenvalue weighted by Gasteiger charge is -2.09. The number of halogens is 1. The van der Waals surface area contributed by atoms with Crippen LogP contribution in [0.5, 0.6) is 0 Å². The quantitative estimate of drug-likeness (QED) is 0.590. The SMILES string of the molecule is Cc1ccc(NC(=O)C(=O)NNc2cnccn2)c(Cl)c1. The Bertz CT molecular complexity index is 663. The van der Waals surface area contributed by atoms with Gasteiger partial charge in [0.05, 0.1) is 16.9 Å². The number of hydrogen-bond donors (Lipinski definition) is 3. The molecule has 3 N–H and O–H groups in total. The van der Waals surface area contributed by atoms with Crippen LogP contribution in [0.25, 0.3) is 0 Å². The van der Waals surface area contributed by atoms with Gasteiger partial charge in [0.25, 0.3) is 0 Å². The van der Waals surface area contributed by atoms with Crippen molar-refractivity contribution in [2.45, 2.75) is 6.92 Å². The second kappa shape index (κ2) is 6.67. The molecule has 1 aromatic heterocycles. The molecule has 0 bridgehead atoms. The Hall–Kier alpha value is -2.67. The first-order chi connectivity index (χ1) is 10.1. The second-order valence-electron chi connectivity index (χ2n) is 4.11. The molecule has 0 aliphatic rings. The first-order valence-electron chi connectivity index (χ1n) is 5.96. The minimum Gasteiger partial charge on any atom is -0.316 e. The molecule has 1 heterocycles. The summed E-state index contributed by atoms with van der Waals surface area (Å²) in [6.45, 7) is 1.87. The number of hydrogen-bond acceptors (Lipinski definition) is 5. The number of aryl methyl sites for hydroxylation is 1. The standard InChI is InChI=1S/C13H12ClN5O2/c1-8-2-3-10(9(14)6-8)17-12(20)13(21)19-18-11-7-15-4-5-16-11/h2-7H,1H3,(H,16,18)(H,17,20)(H,19,21). The number of rotatable bonds is 3. The number of hydrazine groups is 1. The molecule has 0 aliphatic heterocycles. The fourth-order valence-electron chi connectivity index (χ4n) is 1.44. The Kier molecular flexibility index (Phi) is 4.68. The molecule has 1 aromatic carbocycles. The van der Waals surface area contributed by atoms with Crippen LogP contribution in [-0.4, -0.2) is 21.8 Å². The smallest absolute Gasteiger partial charge is 0.316 e. The van der Waals surface area contributed by atoms with Crippen molar-refractivity contribution in [1.82, 2.24) is 15.4 Å². The summed E-state index contributed by atoms with van der Waals surface area (Å²) in [7, 11) is 0. The van der Waals surface area contributed by atoms with E-state index in [9.17, 15) is 9.59 Å². The van der Waals surface area contributed by atoms with Gasteiger partial charge >= 0.3 is 11.8 Å². The van der Waals surface area contributed by atoms with Crippen LogP contribution in [0, 0.1) is 6.92 Å². The molecule has 7 nitrogen and oxygen atoms in total. The first-order valence-corrected chi connectivity index (χ1v) is 6.33. The van der Waals surface area contributed by atoms with Crippen LogP contribution >= 0.6 is 11.6 Å². The number of anilines is 2. The number of nitrogens with one attached hydrogen (secondary N) is 3. The molecule has 2 rings (SSSR count). The van der Waals surface area contributed by atoms with Gasteiger partial charge in [-0.1, -0.05) is 17.7 Å². The van der Waals surface area contributed by atoms with Crippen LogP contribution in [0.15, 0.2) is 36.8 Å². The van der Waals surface area contributed by atoms with Gasteiger partial charge in [0.15, 0.2) is 5.82 Å². The van der Waals surface area contributed by atoms with Gasteiger partial charge in [0, 0.05) is 12.4 Å². The van der Waals surface area contributed by atoms with Crippen molar-refractivity contribution in [2.75, 3.05) is 10.7 Å². The van der Waals surface area contributed by atoms with Crippen LogP contribution in [0.2, 0.25) is 5.02 Å². The van der Waals surface area contributed by atoms with Crippen LogP contribution in [0.1, 0.15) is 5.56 Å². The fraction of sp³-hybridized carbons (Fsp3) is 0.0769. The Morgan fingerprint density at radius 3 is 2.67 bits per heavy atom. The summed E-state index contributed by atoms with van der Waals surface area (Å²) in [5, 5.41) is 2.77. The van der Waals surface area contributed by atoms with Gasteiger partial charge in [0.2, 0.25) is 0 Å². The predicted molar refractivity (Wildman–Crippen MR) is 78.6 cm³/mol.